The lowest BCUT2D eigenvalue weighted by Gasteiger charge is -2.26. The second kappa shape index (κ2) is 6.43. The van der Waals surface area contributed by atoms with Crippen LogP contribution in [-0.2, 0) is 10.0 Å². The minimum atomic E-state index is -3.57. The van der Waals surface area contributed by atoms with Crippen LogP contribution in [0.4, 0.5) is 5.69 Å². The Labute approximate surface area is 119 Å². The van der Waals surface area contributed by atoms with E-state index < -0.39 is 10.0 Å². The number of hydrogen-bond acceptors (Lipinski definition) is 5. The van der Waals surface area contributed by atoms with Gasteiger partial charge in [-0.05, 0) is 44.1 Å². The van der Waals surface area contributed by atoms with E-state index in [-0.39, 0.29) is 16.3 Å². The maximum absolute atomic E-state index is 12.1. The van der Waals surface area contributed by atoms with Crippen LogP contribution in [0.2, 0.25) is 0 Å². The first-order valence-electron chi connectivity index (χ1n) is 6.79. The number of likely N-dealkylation sites (tertiary alicyclic amines) is 1. The summed E-state index contributed by atoms with van der Waals surface area (Å²) in [5.41, 5.74) is 5.57. The topological polar surface area (TPSA) is 95.7 Å². The van der Waals surface area contributed by atoms with E-state index in [0.717, 1.165) is 13.1 Å². The van der Waals surface area contributed by atoms with E-state index in [9.17, 15) is 13.5 Å². The lowest BCUT2D eigenvalue weighted by atomic mass is 10.1. The minimum absolute atomic E-state index is 0.0592. The summed E-state index contributed by atoms with van der Waals surface area (Å²) in [6, 6.07) is 3.89. The Bertz CT molecular complexity index is 554. The van der Waals surface area contributed by atoms with Crippen molar-refractivity contribution in [3.8, 4) is 5.75 Å². The number of aromatic hydroxyl groups is 1. The van der Waals surface area contributed by atoms with Crippen molar-refractivity contribution in [2.75, 3.05) is 31.9 Å². The van der Waals surface area contributed by atoms with E-state index in [1.54, 1.807) is 0 Å². The fraction of sp³-hybridized carbons (Fsp3) is 0.538. The van der Waals surface area contributed by atoms with Gasteiger partial charge in [0, 0.05) is 13.1 Å². The zero-order chi connectivity index (χ0) is 14.6. The maximum atomic E-state index is 12.1. The van der Waals surface area contributed by atoms with Crippen LogP contribution in [0.1, 0.15) is 19.3 Å². The molecule has 4 N–H and O–H groups in total. The predicted octanol–water partition coefficient (Wildman–Crippen LogP) is 0.739. The summed E-state index contributed by atoms with van der Waals surface area (Å²) in [6.07, 6.45) is 3.62. The second-order valence-corrected chi connectivity index (χ2v) is 6.79. The molecule has 1 saturated heterocycles. The number of nitrogen functional groups attached to an aromatic ring is 1. The molecule has 0 saturated carbocycles. The molecule has 0 aromatic heterocycles. The van der Waals surface area contributed by atoms with Crippen molar-refractivity contribution in [2.45, 2.75) is 24.2 Å². The predicted molar refractivity (Wildman–Crippen MR) is 78.0 cm³/mol. The van der Waals surface area contributed by atoms with Crippen LogP contribution in [0.3, 0.4) is 0 Å². The molecule has 20 heavy (non-hydrogen) atoms. The quantitative estimate of drug-likeness (QED) is 0.550. The van der Waals surface area contributed by atoms with Gasteiger partial charge in [0.2, 0.25) is 10.0 Å². The highest BCUT2D eigenvalue weighted by molar-refractivity contribution is 7.89. The Kier molecular flexibility index (Phi) is 4.85. The summed E-state index contributed by atoms with van der Waals surface area (Å²) in [7, 11) is -3.57. The number of rotatable bonds is 5. The normalized spacial score (nSPS) is 17.2. The Balaban J connectivity index is 1.91. The highest BCUT2D eigenvalue weighted by Crippen LogP contribution is 2.22. The van der Waals surface area contributed by atoms with Gasteiger partial charge < -0.3 is 15.7 Å². The molecule has 1 aliphatic rings. The van der Waals surface area contributed by atoms with Crippen molar-refractivity contribution in [2.24, 2.45) is 0 Å². The van der Waals surface area contributed by atoms with Gasteiger partial charge in [-0.2, -0.15) is 0 Å². The molecule has 7 heteroatoms. The van der Waals surface area contributed by atoms with Gasteiger partial charge in [-0.15, -0.1) is 0 Å². The molecule has 0 atom stereocenters. The number of anilines is 1. The first kappa shape index (κ1) is 15.1. The van der Waals surface area contributed by atoms with Gasteiger partial charge in [0.05, 0.1) is 10.6 Å². The van der Waals surface area contributed by atoms with Crippen LogP contribution in [-0.4, -0.2) is 44.6 Å². The monoisotopic (exact) mass is 299 g/mol. The summed E-state index contributed by atoms with van der Waals surface area (Å²) in [5, 5.41) is 9.31. The van der Waals surface area contributed by atoms with Crippen molar-refractivity contribution in [3.05, 3.63) is 18.2 Å². The second-order valence-electron chi connectivity index (χ2n) is 5.02. The number of nitrogens with zero attached hydrogens (tertiary/aromatic N) is 1. The van der Waals surface area contributed by atoms with E-state index >= 15 is 0 Å². The molecule has 0 radical (unpaired) electrons. The lowest BCUT2D eigenvalue weighted by molar-refractivity contribution is 0.233. The first-order chi connectivity index (χ1) is 9.49. The molecule has 2 rings (SSSR count). The first-order valence-corrected chi connectivity index (χ1v) is 8.28. The van der Waals surface area contributed by atoms with E-state index in [2.05, 4.69) is 9.62 Å². The van der Waals surface area contributed by atoms with Crippen molar-refractivity contribution >= 4 is 15.7 Å². The summed E-state index contributed by atoms with van der Waals surface area (Å²) in [5.74, 6) is -0.114. The van der Waals surface area contributed by atoms with Gasteiger partial charge in [-0.25, -0.2) is 13.1 Å². The van der Waals surface area contributed by atoms with Crippen molar-refractivity contribution in [3.63, 3.8) is 0 Å². The third kappa shape index (κ3) is 3.84. The smallest absolute Gasteiger partial charge is 0.240 e. The number of hydrogen-bond donors (Lipinski definition) is 3. The van der Waals surface area contributed by atoms with Crippen LogP contribution < -0.4 is 10.5 Å². The fourth-order valence-corrected chi connectivity index (χ4v) is 3.36. The average molecular weight is 299 g/mol. The van der Waals surface area contributed by atoms with Crippen LogP contribution in [0.5, 0.6) is 5.75 Å². The molecule has 1 fully saturated rings. The van der Waals surface area contributed by atoms with Gasteiger partial charge in [0.25, 0.3) is 0 Å². The molecule has 1 aromatic rings. The minimum Gasteiger partial charge on any atom is -0.506 e. The molecule has 0 unspecified atom stereocenters. The lowest BCUT2D eigenvalue weighted by Crippen LogP contribution is -2.37. The summed E-state index contributed by atoms with van der Waals surface area (Å²) in [4.78, 5) is 2.34. The van der Waals surface area contributed by atoms with Crippen molar-refractivity contribution < 1.29 is 13.5 Å². The molecule has 0 bridgehead atoms. The van der Waals surface area contributed by atoms with E-state index in [1.807, 2.05) is 0 Å². The van der Waals surface area contributed by atoms with Gasteiger partial charge in [-0.1, -0.05) is 6.42 Å². The Morgan fingerprint density at radius 1 is 1.25 bits per heavy atom. The Hall–Kier alpha value is -1.31. The highest BCUT2D eigenvalue weighted by atomic mass is 32.2. The van der Waals surface area contributed by atoms with Crippen molar-refractivity contribution in [1.82, 2.24) is 9.62 Å². The van der Waals surface area contributed by atoms with Gasteiger partial charge in [-0.3, -0.25) is 0 Å². The average Bonchev–Trinajstić information content (AvgIpc) is 2.43. The maximum Gasteiger partial charge on any atom is 0.240 e. The molecule has 1 heterocycles. The van der Waals surface area contributed by atoms with Crippen LogP contribution >= 0.6 is 0 Å². The number of nitrogens with two attached hydrogens (primary N) is 1. The Morgan fingerprint density at radius 3 is 2.60 bits per heavy atom. The molecular weight excluding hydrogens is 278 g/mol. The van der Waals surface area contributed by atoms with Gasteiger partial charge >= 0.3 is 0 Å². The standard InChI is InChI=1S/C13H21N3O3S/c14-12-10-11(4-5-13(12)17)20(18,19)15-6-9-16-7-2-1-3-8-16/h4-5,10,15,17H,1-3,6-9,14H2. The molecule has 0 amide bonds. The number of sulfonamides is 1. The van der Waals surface area contributed by atoms with E-state index in [0.29, 0.717) is 13.1 Å². The fourth-order valence-electron chi connectivity index (χ4n) is 2.30. The SMILES string of the molecule is Nc1cc(S(=O)(=O)NCCN2CCCCC2)ccc1O. The van der Waals surface area contributed by atoms with Crippen LogP contribution in [0.25, 0.3) is 0 Å². The van der Waals surface area contributed by atoms with E-state index in [4.69, 9.17) is 5.73 Å². The number of phenolic OH excluding ortho intramolecular Hbond substituents is 1. The number of piperidine rings is 1. The third-order valence-electron chi connectivity index (χ3n) is 3.48. The van der Waals surface area contributed by atoms with Crippen LogP contribution in [0.15, 0.2) is 23.1 Å². The molecule has 6 nitrogen and oxygen atoms in total. The molecule has 112 valence electrons. The number of nitrogens with one attached hydrogen (secondary N) is 1. The van der Waals surface area contributed by atoms with Gasteiger partial charge in [0.15, 0.2) is 0 Å². The highest BCUT2D eigenvalue weighted by Gasteiger charge is 2.16. The van der Waals surface area contributed by atoms with E-state index in [1.165, 1.54) is 37.5 Å². The molecule has 0 aliphatic carbocycles. The third-order valence-corrected chi connectivity index (χ3v) is 4.94. The largest absolute Gasteiger partial charge is 0.506 e. The molecule has 1 aromatic carbocycles. The summed E-state index contributed by atoms with van der Waals surface area (Å²) in [6.45, 7) is 3.16. The molecule has 1 aliphatic heterocycles. The molecular formula is C13H21N3O3S. The van der Waals surface area contributed by atoms with Gasteiger partial charge in [0.1, 0.15) is 5.75 Å². The summed E-state index contributed by atoms with van der Waals surface area (Å²) >= 11 is 0. The summed E-state index contributed by atoms with van der Waals surface area (Å²) < 4.78 is 26.7. The molecule has 0 spiro atoms. The zero-order valence-corrected chi connectivity index (χ0v) is 12.2. The van der Waals surface area contributed by atoms with Crippen LogP contribution in [0, 0.1) is 0 Å². The number of phenols is 1. The zero-order valence-electron chi connectivity index (χ0n) is 11.4. The van der Waals surface area contributed by atoms with Crippen molar-refractivity contribution in [1.29, 1.82) is 0 Å². The number of benzene rings is 1. The Morgan fingerprint density at radius 2 is 1.95 bits per heavy atom.